The number of nitrogens with zero attached hydrogens (tertiary/aromatic N) is 1. The molecule has 1 amide bonds. The standard InChI is InChI=1S/C16H22N2O2/c1-12(2)18(7-8-19)16(20)15-10-13(3)9-14(11-15)5-4-6-17/h9-12,19H,6-8,17H2,1-3H3. The van der Waals surface area contributed by atoms with E-state index in [1.54, 1.807) is 11.0 Å². The fraction of sp³-hybridized carbons (Fsp3) is 0.438. The van der Waals surface area contributed by atoms with E-state index < -0.39 is 0 Å². The summed E-state index contributed by atoms with van der Waals surface area (Å²) in [6.45, 7) is 6.36. The molecule has 0 bridgehead atoms. The highest BCUT2D eigenvalue weighted by molar-refractivity contribution is 5.95. The van der Waals surface area contributed by atoms with Crippen molar-refractivity contribution in [2.24, 2.45) is 5.73 Å². The number of amides is 1. The van der Waals surface area contributed by atoms with Crippen molar-refractivity contribution in [1.29, 1.82) is 0 Å². The Labute approximate surface area is 120 Å². The van der Waals surface area contributed by atoms with Gasteiger partial charge in [-0.2, -0.15) is 0 Å². The van der Waals surface area contributed by atoms with Crippen molar-refractivity contribution in [1.82, 2.24) is 4.90 Å². The summed E-state index contributed by atoms with van der Waals surface area (Å²) >= 11 is 0. The minimum absolute atomic E-state index is 0.0359. The molecule has 0 aromatic heterocycles. The van der Waals surface area contributed by atoms with Gasteiger partial charge in [-0.3, -0.25) is 4.79 Å². The molecule has 0 heterocycles. The third kappa shape index (κ3) is 4.37. The van der Waals surface area contributed by atoms with Crippen LogP contribution < -0.4 is 5.73 Å². The van der Waals surface area contributed by atoms with Crippen LogP contribution in [0.5, 0.6) is 0 Å². The minimum atomic E-state index is -0.0893. The van der Waals surface area contributed by atoms with Gasteiger partial charge in [-0.15, -0.1) is 0 Å². The van der Waals surface area contributed by atoms with E-state index in [0.717, 1.165) is 11.1 Å². The van der Waals surface area contributed by atoms with Crippen molar-refractivity contribution in [2.75, 3.05) is 19.7 Å². The molecule has 0 radical (unpaired) electrons. The molecule has 0 saturated carbocycles. The zero-order valence-electron chi connectivity index (χ0n) is 12.3. The fourth-order valence-electron chi connectivity index (χ4n) is 2.00. The third-order valence-electron chi connectivity index (χ3n) is 2.88. The molecule has 0 fully saturated rings. The number of hydrogen-bond acceptors (Lipinski definition) is 3. The Kier molecular flexibility index (Phi) is 6.23. The van der Waals surface area contributed by atoms with E-state index in [4.69, 9.17) is 10.8 Å². The molecule has 0 aliphatic heterocycles. The van der Waals surface area contributed by atoms with Crippen LogP contribution in [0, 0.1) is 18.8 Å². The van der Waals surface area contributed by atoms with Crippen LogP contribution in [-0.2, 0) is 0 Å². The number of carbonyl (C=O) groups is 1. The molecule has 0 saturated heterocycles. The Balaban J connectivity index is 3.11. The van der Waals surface area contributed by atoms with Gasteiger partial charge in [-0.1, -0.05) is 11.8 Å². The first-order valence-electron chi connectivity index (χ1n) is 6.72. The second-order valence-corrected chi connectivity index (χ2v) is 4.91. The molecule has 1 rings (SSSR count). The summed E-state index contributed by atoms with van der Waals surface area (Å²) in [5.74, 6) is 5.64. The van der Waals surface area contributed by atoms with Crippen LogP contribution in [0.1, 0.15) is 35.3 Å². The molecule has 108 valence electrons. The Bertz CT molecular complexity index is 527. The van der Waals surface area contributed by atoms with Gasteiger partial charge >= 0.3 is 0 Å². The highest BCUT2D eigenvalue weighted by atomic mass is 16.3. The SMILES string of the molecule is Cc1cc(C#CCN)cc(C(=O)N(CCO)C(C)C)c1. The lowest BCUT2D eigenvalue weighted by atomic mass is 10.0. The number of nitrogens with two attached hydrogens (primary N) is 1. The molecule has 4 heteroatoms. The van der Waals surface area contributed by atoms with Crippen molar-refractivity contribution in [3.05, 3.63) is 34.9 Å². The summed E-state index contributed by atoms with van der Waals surface area (Å²) in [6.07, 6.45) is 0. The van der Waals surface area contributed by atoms with Crippen LogP contribution in [-0.4, -0.2) is 41.7 Å². The Morgan fingerprint density at radius 3 is 2.65 bits per heavy atom. The molecular weight excluding hydrogens is 252 g/mol. The topological polar surface area (TPSA) is 66.6 Å². The molecule has 0 spiro atoms. The van der Waals surface area contributed by atoms with E-state index in [2.05, 4.69) is 11.8 Å². The van der Waals surface area contributed by atoms with Crippen LogP contribution in [0.3, 0.4) is 0 Å². The first-order chi connectivity index (χ1) is 9.49. The van der Waals surface area contributed by atoms with Crippen LogP contribution >= 0.6 is 0 Å². The van der Waals surface area contributed by atoms with Gasteiger partial charge in [-0.05, 0) is 44.5 Å². The smallest absolute Gasteiger partial charge is 0.254 e. The number of rotatable bonds is 4. The largest absolute Gasteiger partial charge is 0.395 e. The summed E-state index contributed by atoms with van der Waals surface area (Å²) in [5.41, 5.74) is 7.71. The Morgan fingerprint density at radius 1 is 1.40 bits per heavy atom. The lowest BCUT2D eigenvalue weighted by Gasteiger charge is -2.26. The number of benzene rings is 1. The van der Waals surface area contributed by atoms with Gasteiger partial charge in [-0.25, -0.2) is 0 Å². The van der Waals surface area contributed by atoms with Crippen LogP contribution in [0.2, 0.25) is 0 Å². The molecule has 1 aromatic carbocycles. The van der Waals surface area contributed by atoms with Gasteiger partial charge in [0.1, 0.15) is 0 Å². The summed E-state index contributed by atoms with van der Waals surface area (Å²) < 4.78 is 0. The monoisotopic (exact) mass is 274 g/mol. The van der Waals surface area contributed by atoms with Gasteiger partial charge in [0, 0.05) is 23.7 Å². The molecule has 1 aromatic rings. The van der Waals surface area contributed by atoms with Crippen LogP contribution in [0.25, 0.3) is 0 Å². The molecule has 4 nitrogen and oxygen atoms in total. The number of aliphatic hydroxyl groups is 1. The van der Waals surface area contributed by atoms with Crippen LogP contribution in [0.15, 0.2) is 18.2 Å². The predicted molar refractivity (Wildman–Crippen MR) is 80.4 cm³/mol. The van der Waals surface area contributed by atoms with Gasteiger partial charge in [0.2, 0.25) is 0 Å². The van der Waals surface area contributed by atoms with E-state index in [1.807, 2.05) is 32.9 Å². The second-order valence-electron chi connectivity index (χ2n) is 4.91. The second kappa shape index (κ2) is 7.68. The van der Waals surface area contributed by atoms with E-state index in [-0.39, 0.29) is 18.6 Å². The van der Waals surface area contributed by atoms with E-state index in [1.165, 1.54) is 0 Å². The maximum Gasteiger partial charge on any atom is 0.254 e. The van der Waals surface area contributed by atoms with Crippen molar-refractivity contribution in [3.63, 3.8) is 0 Å². The minimum Gasteiger partial charge on any atom is -0.395 e. The Morgan fingerprint density at radius 2 is 2.10 bits per heavy atom. The third-order valence-corrected chi connectivity index (χ3v) is 2.88. The number of aryl methyl sites for hydroxylation is 1. The van der Waals surface area contributed by atoms with Crippen LogP contribution in [0.4, 0.5) is 0 Å². The molecular formula is C16H22N2O2. The number of aliphatic hydroxyl groups excluding tert-OH is 1. The van der Waals surface area contributed by atoms with E-state index in [0.29, 0.717) is 18.7 Å². The lowest BCUT2D eigenvalue weighted by Crippen LogP contribution is -2.39. The molecule has 0 atom stereocenters. The van der Waals surface area contributed by atoms with Gasteiger partial charge in [0.05, 0.1) is 13.2 Å². The van der Waals surface area contributed by atoms with Crippen molar-refractivity contribution < 1.29 is 9.90 Å². The first kappa shape index (κ1) is 16.2. The molecule has 0 unspecified atom stereocenters. The maximum absolute atomic E-state index is 12.5. The first-order valence-corrected chi connectivity index (χ1v) is 6.72. The highest BCUT2D eigenvalue weighted by Gasteiger charge is 2.18. The normalized spacial score (nSPS) is 10.1. The molecule has 20 heavy (non-hydrogen) atoms. The van der Waals surface area contributed by atoms with Crippen molar-refractivity contribution in [2.45, 2.75) is 26.8 Å². The van der Waals surface area contributed by atoms with Gasteiger partial charge in [0.25, 0.3) is 5.91 Å². The lowest BCUT2D eigenvalue weighted by molar-refractivity contribution is 0.0665. The molecule has 0 aliphatic carbocycles. The predicted octanol–water partition coefficient (Wildman–Crippen LogP) is 1.15. The zero-order chi connectivity index (χ0) is 15.1. The van der Waals surface area contributed by atoms with Gasteiger partial charge in [0.15, 0.2) is 0 Å². The molecule has 0 aliphatic rings. The molecule has 3 N–H and O–H groups in total. The average Bonchev–Trinajstić information content (AvgIpc) is 2.40. The summed E-state index contributed by atoms with van der Waals surface area (Å²) in [7, 11) is 0. The number of carbonyl (C=O) groups excluding carboxylic acids is 1. The number of hydrogen-bond donors (Lipinski definition) is 2. The fourth-order valence-corrected chi connectivity index (χ4v) is 2.00. The van der Waals surface area contributed by atoms with Gasteiger partial charge < -0.3 is 15.7 Å². The van der Waals surface area contributed by atoms with E-state index >= 15 is 0 Å². The van der Waals surface area contributed by atoms with Crippen molar-refractivity contribution >= 4 is 5.91 Å². The zero-order valence-corrected chi connectivity index (χ0v) is 12.3. The average molecular weight is 274 g/mol. The van der Waals surface area contributed by atoms with E-state index in [9.17, 15) is 4.79 Å². The summed E-state index contributed by atoms with van der Waals surface area (Å²) in [5, 5.41) is 9.08. The quantitative estimate of drug-likeness (QED) is 0.809. The highest BCUT2D eigenvalue weighted by Crippen LogP contribution is 2.13. The Hall–Kier alpha value is -1.83. The summed E-state index contributed by atoms with van der Waals surface area (Å²) in [6, 6.07) is 5.56. The summed E-state index contributed by atoms with van der Waals surface area (Å²) in [4.78, 5) is 14.1. The maximum atomic E-state index is 12.5. The van der Waals surface area contributed by atoms with Crippen molar-refractivity contribution in [3.8, 4) is 11.8 Å².